The summed E-state index contributed by atoms with van der Waals surface area (Å²) in [5.41, 5.74) is 4.67. The van der Waals surface area contributed by atoms with E-state index in [0.717, 1.165) is 19.3 Å². The Hall–Kier alpha value is -0.900. The van der Waals surface area contributed by atoms with Gasteiger partial charge in [0.25, 0.3) is 0 Å². The van der Waals surface area contributed by atoms with Crippen LogP contribution in [0.15, 0.2) is 0 Å². The second-order valence-corrected chi connectivity index (χ2v) is 6.09. The quantitative estimate of drug-likeness (QED) is 0.571. The average Bonchev–Trinajstić information content (AvgIpc) is 2.38. The van der Waals surface area contributed by atoms with Crippen LogP contribution in [0.3, 0.4) is 0 Å². The van der Waals surface area contributed by atoms with E-state index in [1.54, 1.807) is 0 Å². The van der Waals surface area contributed by atoms with Gasteiger partial charge in [-0.25, -0.2) is 0 Å². The summed E-state index contributed by atoms with van der Waals surface area (Å²) < 4.78 is 0. The third-order valence-electron chi connectivity index (χ3n) is 4.77. The van der Waals surface area contributed by atoms with Crippen LogP contribution in [0.2, 0.25) is 0 Å². The third-order valence-corrected chi connectivity index (χ3v) is 4.77. The molecule has 116 valence electrons. The van der Waals surface area contributed by atoms with Crippen molar-refractivity contribution < 1.29 is 14.7 Å². The van der Waals surface area contributed by atoms with E-state index in [4.69, 9.17) is 5.73 Å². The molecular formula is C16H29NO3. The van der Waals surface area contributed by atoms with Crippen LogP contribution in [-0.4, -0.2) is 23.4 Å². The molecule has 0 heterocycles. The van der Waals surface area contributed by atoms with Crippen molar-refractivity contribution in [3.63, 3.8) is 0 Å². The Morgan fingerprint density at radius 3 is 2.20 bits per heavy atom. The van der Waals surface area contributed by atoms with Crippen LogP contribution >= 0.6 is 0 Å². The molecule has 0 spiro atoms. The summed E-state index contributed by atoms with van der Waals surface area (Å²) in [5, 5.41) is 9.48. The van der Waals surface area contributed by atoms with Crippen LogP contribution in [0.4, 0.5) is 0 Å². The Kier molecular flexibility index (Phi) is 7.20. The molecule has 1 rings (SSSR count). The number of carboxylic acids is 1. The first-order valence-electron chi connectivity index (χ1n) is 8.04. The summed E-state index contributed by atoms with van der Waals surface area (Å²) in [6, 6.07) is 0. The maximum Gasteiger partial charge on any atom is 0.310 e. The Bertz CT molecular complexity index is 324. The average molecular weight is 283 g/mol. The number of hydrogen-bond acceptors (Lipinski definition) is 3. The van der Waals surface area contributed by atoms with Gasteiger partial charge in [0.05, 0.1) is 12.0 Å². The first-order valence-corrected chi connectivity index (χ1v) is 8.04. The zero-order valence-corrected chi connectivity index (χ0v) is 12.7. The summed E-state index contributed by atoms with van der Waals surface area (Å²) in [6.07, 6.45) is 9.78. The molecule has 0 aromatic rings. The van der Waals surface area contributed by atoms with E-state index in [-0.39, 0.29) is 18.2 Å². The molecule has 0 aromatic heterocycles. The zero-order valence-electron chi connectivity index (χ0n) is 12.7. The highest BCUT2D eigenvalue weighted by Gasteiger charge is 2.52. The van der Waals surface area contributed by atoms with Crippen molar-refractivity contribution in [2.45, 2.75) is 71.1 Å². The highest BCUT2D eigenvalue weighted by Crippen LogP contribution is 2.49. The number of Topliss-reactive ketones (excluding diaryl/α,β-unsaturated/α-hetero) is 1. The van der Waals surface area contributed by atoms with Crippen LogP contribution in [0, 0.1) is 11.3 Å². The minimum atomic E-state index is -0.806. The lowest BCUT2D eigenvalue weighted by Crippen LogP contribution is -2.49. The molecule has 0 saturated heterocycles. The number of carbonyl (C=O) groups excluding carboxylic acids is 1. The Labute approximate surface area is 122 Å². The van der Waals surface area contributed by atoms with Crippen LogP contribution in [0.5, 0.6) is 0 Å². The molecular weight excluding hydrogens is 254 g/mol. The van der Waals surface area contributed by atoms with E-state index in [1.807, 2.05) is 0 Å². The standard InChI is InChI=1S/C16H29NO3/c1-2-3-4-5-6-7-9-13(14(18)12-17)16(15(19)20)10-8-11-16/h13H,2-12,17H2,1H3,(H,19,20). The SMILES string of the molecule is CCCCCCCCC(C(=O)CN)C1(C(=O)O)CCC1. The molecule has 1 fully saturated rings. The van der Waals surface area contributed by atoms with Crippen molar-refractivity contribution in [2.24, 2.45) is 17.1 Å². The molecule has 0 bridgehead atoms. The lowest BCUT2D eigenvalue weighted by Gasteiger charge is -2.43. The lowest BCUT2D eigenvalue weighted by molar-refractivity contribution is -0.163. The topological polar surface area (TPSA) is 80.4 Å². The largest absolute Gasteiger partial charge is 0.481 e. The van der Waals surface area contributed by atoms with E-state index in [1.165, 1.54) is 25.7 Å². The zero-order chi connectivity index (χ0) is 15.0. The number of hydrogen-bond donors (Lipinski definition) is 2. The maximum absolute atomic E-state index is 12.0. The summed E-state index contributed by atoms with van der Waals surface area (Å²) in [4.78, 5) is 23.6. The fourth-order valence-corrected chi connectivity index (χ4v) is 3.29. The Morgan fingerprint density at radius 2 is 1.75 bits per heavy atom. The van der Waals surface area contributed by atoms with Gasteiger partial charge in [-0.05, 0) is 19.3 Å². The first-order chi connectivity index (χ1) is 9.58. The van der Waals surface area contributed by atoms with E-state index < -0.39 is 11.4 Å². The Morgan fingerprint density at radius 1 is 1.15 bits per heavy atom. The number of rotatable bonds is 11. The summed E-state index contributed by atoms with van der Waals surface area (Å²) in [5.74, 6) is -1.24. The van der Waals surface area contributed by atoms with Gasteiger partial charge in [0.15, 0.2) is 5.78 Å². The second-order valence-electron chi connectivity index (χ2n) is 6.09. The van der Waals surface area contributed by atoms with Crippen molar-refractivity contribution in [1.29, 1.82) is 0 Å². The predicted octanol–water partition coefficient (Wildman–Crippen LogP) is 3.14. The van der Waals surface area contributed by atoms with E-state index in [2.05, 4.69) is 6.92 Å². The molecule has 0 amide bonds. The molecule has 1 aliphatic carbocycles. The number of nitrogens with two attached hydrogens (primary N) is 1. The van der Waals surface area contributed by atoms with Crippen molar-refractivity contribution in [3.05, 3.63) is 0 Å². The molecule has 4 heteroatoms. The van der Waals surface area contributed by atoms with Gasteiger partial charge in [-0.1, -0.05) is 51.9 Å². The van der Waals surface area contributed by atoms with Crippen molar-refractivity contribution in [3.8, 4) is 0 Å². The van der Waals surface area contributed by atoms with Crippen molar-refractivity contribution >= 4 is 11.8 Å². The molecule has 1 atom stereocenters. The van der Waals surface area contributed by atoms with Crippen LogP contribution in [0.1, 0.15) is 71.1 Å². The van der Waals surface area contributed by atoms with Crippen LogP contribution in [0.25, 0.3) is 0 Å². The maximum atomic E-state index is 12.0. The molecule has 0 radical (unpaired) electrons. The highest BCUT2D eigenvalue weighted by atomic mass is 16.4. The number of unbranched alkanes of at least 4 members (excludes halogenated alkanes) is 5. The molecule has 4 nitrogen and oxygen atoms in total. The van der Waals surface area contributed by atoms with Crippen molar-refractivity contribution in [2.75, 3.05) is 6.54 Å². The summed E-state index contributed by atoms with van der Waals surface area (Å²) >= 11 is 0. The van der Waals surface area contributed by atoms with Crippen LogP contribution in [-0.2, 0) is 9.59 Å². The fraction of sp³-hybridized carbons (Fsp3) is 0.875. The Balaban J connectivity index is 2.49. The summed E-state index contributed by atoms with van der Waals surface area (Å²) in [6.45, 7) is 2.15. The molecule has 0 aromatic carbocycles. The van der Waals surface area contributed by atoms with Gasteiger partial charge >= 0.3 is 5.97 Å². The number of carbonyl (C=O) groups is 2. The van der Waals surface area contributed by atoms with E-state index in [9.17, 15) is 14.7 Å². The second kappa shape index (κ2) is 8.40. The minimum Gasteiger partial charge on any atom is -0.481 e. The smallest absolute Gasteiger partial charge is 0.310 e. The van der Waals surface area contributed by atoms with Crippen molar-refractivity contribution in [1.82, 2.24) is 0 Å². The van der Waals surface area contributed by atoms with Gasteiger partial charge in [0.2, 0.25) is 0 Å². The molecule has 20 heavy (non-hydrogen) atoms. The predicted molar refractivity (Wildman–Crippen MR) is 79.5 cm³/mol. The van der Waals surface area contributed by atoms with E-state index in [0.29, 0.717) is 19.3 Å². The molecule has 1 saturated carbocycles. The number of carboxylic acid groups (broad SMARTS) is 1. The fourth-order valence-electron chi connectivity index (χ4n) is 3.29. The van der Waals surface area contributed by atoms with Gasteiger partial charge in [0, 0.05) is 5.92 Å². The van der Waals surface area contributed by atoms with Crippen LogP contribution < -0.4 is 5.73 Å². The number of aliphatic carboxylic acids is 1. The lowest BCUT2D eigenvalue weighted by atomic mass is 9.58. The first kappa shape index (κ1) is 17.2. The van der Waals surface area contributed by atoms with Gasteiger partial charge < -0.3 is 10.8 Å². The van der Waals surface area contributed by atoms with Gasteiger partial charge in [-0.2, -0.15) is 0 Å². The highest BCUT2D eigenvalue weighted by molar-refractivity contribution is 5.90. The number of ketones is 1. The normalized spacial score (nSPS) is 18.3. The molecule has 1 unspecified atom stereocenters. The minimum absolute atomic E-state index is 0.0322. The van der Waals surface area contributed by atoms with Gasteiger partial charge in [-0.3, -0.25) is 9.59 Å². The molecule has 0 aliphatic heterocycles. The van der Waals surface area contributed by atoms with Gasteiger partial charge in [-0.15, -0.1) is 0 Å². The van der Waals surface area contributed by atoms with Gasteiger partial charge in [0.1, 0.15) is 0 Å². The van der Waals surface area contributed by atoms with E-state index >= 15 is 0 Å². The summed E-state index contributed by atoms with van der Waals surface area (Å²) in [7, 11) is 0. The molecule has 1 aliphatic rings. The monoisotopic (exact) mass is 283 g/mol. The third kappa shape index (κ3) is 4.05. The molecule has 3 N–H and O–H groups in total.